The van der Waals surface area contributed by atoms with Gasteiger partial charge in [-0.05, 0) is 70.0 Å². The second-order valence-electron chi connectivity index (χ2n) is 2.73. The fourth-order valence-corrected chi connectivity index (χ4v) is 3.84. The highest BCUT2D eigenvalue weighted by Crippen LogP contribution is 2.42. The molecule has 0 aliphatic carbocycles. The topological polar surface area (TPSA) is 28.7 Å². The highest BCUT2D eigenvalue weighted by atomic mass is 79.9. The van der Waals surface area contributed by atoms with Crippen molar-refractivity contribution >= 4 is 86.5 Å². The molecule has 0 aliphatic heterocycles. The van der Waals surface area contributed by atoms with Crippen LogP contribution in [0.2, 0.25) is 0 Å². The number of fused-ring (bicyclic) bond motifs is 1. The van der Waals surface area contributed by atoms with Crippen LogP contribution in [0, 0.1) is 0 Å². The summed E-state index contributed by atoms with van der Waals surface area (Å²) in [6, 6.07) is 0. The molecule has 0 unspecified atom stereocenters. The van der Waals surface area contributed by atoms with Crippen molar-refractivity contribution in [2.24, 2.45) is 0 Å². The van der Waals surface area contributed by atoms with E-state index < -0.39 is 0 Å². The molecule has 80 valence electrons. The maximum Gasteiger partial charge on any atom is 0.166 e. The molecule has 1 aromatic heterocycles. The van der Waals surface area contributed by atoms with Gasteiger partial charge in [-0.3, -0.25) is 0 Å². The fourth-order valence-electron chi connectivity index (χ4n) is 1.17. The number of nitrogens with one attached hydrogen (secondary N) is 1. The Hall–Kier alpha value is 0.960. The van der Waals surface area contributed by atoms with Gasteiger partial charge in [-0.25, -0.2) is 4.98 Å². The second kappa shape index (κ2) is 4.68. The Morgan fingerprint density at radius 2 is 1.60 bits per heavy atom. The number of halogens is 4. The van der Waals surface area contributed by atoms with E-state index in [1.807, 2.05) is 6.26 Å². The number of imidazole rings is 1. The van der Waals surface area contributed by atoms with Crippen molar-refractivity contribution in [3.05, 3.63) is 17.9 Å². The molecule has 1 aromatic carbocycles. The van der Waals surface area contributed by atoms with Gasteiger partial charge in [0.25, 0.3) is 0 Å². The van der Waals surface area contributed by atoms with Gasteiger partial charge in [0.05, 0.1) is 14.5 Å². The van der Waals surface area contributed by atoms with Gasteiger partial charge in [0.15, 0.2) is 5.16 Å². The van der Waals surface area contributed by atoms with Crippen LogP contribution < -0.4 is 0 Å². The fraction of sp³-hybridized carbons (Fsp3) is 0.125. The smallest absolute Gasteiger partial charge is 0.166 e. The lowest BCUT2D eigenvalue weighted by molar-refractivity contribution is 1.08. The molecule has 0 amide bonds. The van der Waals surface area contributed by atoms with Gasteiger partial charge in [-0.2, -0.15) is 0 Å². The lowest BCUT2D eigenvalue weighted by atomic mass is 10.3. The van der Waals surface area contributed by atoms with Crippen LogP contribution in [0.25, 0.3) is 11.0 Å². The van der Waals surface area contributed by atoms with Gasteiger partial charge < -0.3 is 4.98 Å². The van der Waals surface area contributed by atoms with Crippen LogP contribution in [-0.2, 0) is 0 Å². The minimum absolute atomic E-state index is 0.899. The quantitative estimate of drug-likeness (QED) is 0.340. The van der Waals surface area contributed by atoms with Gasteiger partial charge in [0, 0.05) is 8.95 Å². The van der Waals surface area contributed by atoms with E-state index in [0.29, 0.717) is 0 Å². The van der Waals surface area contributed by atoms with Crippen molar-refractivity contribution in [1.29, 1.82) is 0 Å². The van der Waals surface area contributed by atoms with Crippen LogP contribution in [-0.4, -0.2) is 16.2 Å². The minimum atomic E-state index is 0.899. The SMILES string of the molecule is CSc1nc2c(Br)c(Br)c(Br)c(Br)c2[nH]1. The van der Waals surface area contributed by atoms with Gasteiger partial charge >= 0.3 is 0 Å². The first-order chi connectivity index (χ1) is 7.06. The van der Waals surface area contributed by atoms with Gasteiger partial charge in [-0.15, -0.1) is 0 Å². The lowest BCUT2D eigenvalue weighted by Gasteiger charge is -2.03. The van der Waals surface area contributed by atoms with Crippen LogP contribution in [0.15, 0.2) is 23.0 Å². The van der Waals surface area contributed by atoms with Crippen molar-refractivity contribution in [2.75, 3.05) is 6.26 Å². The lowest BCUT2D eigenvalue weighted by Crippen LogP contribution is -1.80. The number of rotatable bonds is 1. The molecule has 0 bridgehead atoms. The van der Waals surface area contributed by atoms with E-state index in [4.69, 9.17) is 0 Å². The molecule has 2 rings (SSSR count). The number of hydrogen-bond donors (Lipinski definition) is 1. The molecule has 0 fully saturated rings. The molecule has 0 saturated carbocycles. The van der Waals surface area contributed by atoms with Crippen molar-refractivity contribution in [3.63, 3.8) is 0 Å². The molecule has 7 heteroatoms. The van der Waals surface area contributed by atoms with Crippen LogP contribution in [0.4, 0.5) is 0 Å². The standard InChI is InChI=1S/C8H4Br4N2S/c1-15-8-13-6-4(11)2(9)3(10)5(12)7(6)14-8/h1H3,(H,13,14). The zero-order chi connectivity index (χ0) is 11.2. The molecule has 0 aliphatic rings. The molecule has 0 spiro atoms. The highest BCUT2D eigenvalue weighted by Gasteiger charge is 2.16. The number of benzene rings is 1. The number of nitrogens with zero attached hydrogens (tertiary/aromatic N) is 1. The molecule has 1 heterocycles. The van der Waals surface area contributed by atoms with Crippen LogP contribution >= 0.6 is 75.5 Å². The van der Waals surface area contributed by atoms with Crippen molar-refractivity contribution in [3.8, 4) is 0 Å². The Balaban J connectivity index is 2.90. The summed E-state index contributed by atoms with van der Waals surface area (Å²) in [5.74, 6) is 0. The van der Waals surface area contributed by atoms with E-state index in [9.17, 15) is 0 Å². The summed E-state index contributed by atoms with van der Waals surface area (Å²) in [6.07, 6.45) is 1.99. The Kier molecular flexibility index (Phi) is 3.87. The summed E-state index contributed by atoms with van der Waals surface area (Å²) in [5.41, 5.74) is 1.91. The average molecular weight is 480 g/mol. The number of aromatic nitrogens is 2. The minimum Gasteiger partial charge on any atom is -0.332 e. The summed E-state index contributed by atoms with van der Waals surface area (Å²) in [7, 11) is 0. The largest absolute Gasteiger partial charge is 0.332 e. The molecule has 1 N–H and O–H groups in total. The van der Waals surface area contributed by atoms with Crippen LogP contribution in [0.3, 0.4) is 0 Å². The number of H-pyrrole nitrogens is 1. The molecule has 2 nitrogen and oxygen atoms in total. The van der Waals surface area contributed by atoms with Gasteiger partial charge in [-0.1, -0.05) is 11.8 Å². The molecule has 0 saturated heterocycles. The number of thioether (sulfide) groups is 1. The van der Waals surface area contributed by atoms with Crippen LogP contribution in [0.1, 0.15) is 0 Å². The molecule has 0 radical (unpaired) electrons. The van der Waals surface area contributed by atoms with E-state index in [-0.39, 0.29) is 0 Å². The third kappa shape index (κ3) is 2.06. The molecule has 2 aromatic rings. The first-order valence-electron chi connectivity index (χ1n) is 3.82. The van der Waals surface area contributed by atoms with Crippen molar-refractivity contribution in [2.45, 2.75) is 5.16 Å². The van der Waals surface area contributed by atoms with E-state index in [1.165, 1.54) is 0 Å². The number of aromatic amines is 1. The first-order valence-corrected chi connectivity index (χ1v) is 8.21. The van der Waals surface area contributed by atoms with Gasteiger partial charge in [0.2, 0.25) is 0 Å². The maximum atomic E-state index is 4.47. The Morgan fingerprint density at radius 3 is 2.20 bits per heavy atom. The normalized spacial score (nSPS) is 11.3. The van der Waals surface area contributed by atoms with Gasteiger partial charge in [0.1, 0.15) is 5.52 Å². The first kappa shape index (κ1) is 12.4. The van der Waals surface area contributed by atoms with Crippen molar-refractivity contribution in [1.82, 2.24) is 9.97 Å². The maximum absolute atomic E-state index is 4.47. The predicted molar refractivity (Wildman–Crippen MR) is 78.7 cm³/mol. The Bertz CT molecular complexity index is 492. The zero-order valence-corrected chi connectivity index (χ0v) is 14.5. The average Bonchev–Trinajstić information content (AvgIpc) is 2.67. The molecule has 15 heavy (non-hydrogen) atoms. The van der Waals surface area contributed by atoms with Crippen LogP contribution in [0.5, 0.6) is 0 Å². The summed E-state index contributed by atoms with van der Waals surface area (Å²) in [4.78, 5) is 7.72. The summed E-state index contributed by atoms with van der Waals surface area (Å²) in [6.45, 7) is 0. The molecule has 0 atom stereocenters. The van der Waals surface area contributed by atoms with E-state index in [1.54, 1.807) is 11.8 Å². The zero-order valence-electron chi connectivity index (χ0n) is 7.37. The Labute approximate surface area is 125 Å². The summed E-state index contributed by atoms with van der Waals surface area (Å²) >= 11 is 15.6. The van der Waals surface area contributed by atoms with E-state index in [0.717, 1.165) is 34.1 Å². The number of hydrogen-bond acceptors (Lipinski definition) is 2. The molecular weight excluding hydrogens is 476 g/mol. The Morgan fingerprint density at radius 1 is 1.00 bits per heavy atom. The van der Waals surface area contributed by atoms with E-state index in [2.05, 4.69) is 73.7 Å². The van der Waals surface area contributed by atoms with E-state index >= 15 is 0 Å². The highest BCUT2D eigenvalue weighted by molar-refractivity contribution is 9.15. The summed E-state index contributed by atoms with van der Waals surface area (Å²) < 4.78 is 3.85. The third-order valence-electron chi connectivity index (χ3n) is 1.88. The monoisotopic (exact) mass is 476 g/mol. The second-order valence-corrected chi connectivity index (χ2v) is 6.69. The molecular formula is C8H4Br4N2S. The van der Waals surface area contributed by atoms with Crippen molar-refractivity contribution < 1.29 is 0 Å². The predicted octanol–water partition coefficient (Wildman–Crippen LogP) is 5.33. The summed E-state index contributed by atoms with van der Waals surface area (Å²) in [5, 5.41) is 0.899. The third-order valence-corrected chi connectivity index (χ3v) is 7.21.